The molecule has 0 aliphatic heterocycles. The first-order valence-corrected chi connectivity index (χ1v) is 12.5. The van der Waals surface area contributed by atoms with Crippen molar-refractivity contribution in [3.05, 3.63) is 109 Å². The van der Waals surface area contributed by atoms with E-state index in [-0.39, 0.29) is 12.2 Å². The van der Waals surface area contributed by atoms with E-state index in [0.717, 1.165) is 28.8 Å². The van der Waals surface area contributed by atoms with E-state index in [1.165, 1.54) is 11.3 Å². The molecule has 3 aromatic carbocycles. The van der Waals surface area contributed by atoms with Gasteiger partial charge in [-0.1, -0.05) is 70.9 Å². The van der Waals surface area contributed by atoms with E-state index in [1.807, 2.05) is 54.6 Å². The molecule has 0 atom stereocenters. The van der Waals surface area contributed by atoms with Gasteiger partial charge in [0.15, 0.2) is 4.96 Å². The third-order valence-corrected chi connectivity index (χ3v) is 6.86. The lowest BCUT2D eigenvalue weighted by atomic mass is 10.1. The molecule has 0 amide bonds. The molecule has 5 aromatic rings. The van der Waals surface area contributed by atoms with Crippen molar-refractivity contribution in [1.82, 2.24) is 9.38 Å². The van der Waals surface area contributed by atoms with Crippen LogP contribution in [0.2, 0.25) is 10.0 Å². The third kappa shape index (κ3) is 4.78. The summed E-state index contributed by atoms with van der Waals surface area (Å²) < 4.78 is 14.0. The topological polar surface area (TPSA) is 52.8 Å². The number of fused-ring (bicyclic) bond motifs is 3. The number of aromatic nitrogens is 2. The van der Waals surface area contributed by atoms with Gasteiger partial charge < -0.3 is 9.47 Å². The smallest absolute Gasteiger partial charge is 0.274 e. The molecule has 176 valence electrons. The Labute approximate surface area is 215 Å². The van der Waals surface area contributed by atoms with Gasteiger partial charge in [-0.2, -0.15) is 0 Å². The Bertz CT molecular complexity index is 1660. The SMILES string of the molecule is C=CCc1ccccc1OCCOc1c(Cl)cc(Cl)cc1/C=c1\sc2nc3ccccc3n2c1=O. The predicted molar refractivity (Wildman–Crippen MR) is 143 cm³/mol. The van der Waals surface area contributed by atoms with Gasteiger partial charge in [0.25, 0.3) is 5.56 Å². The van der Waals surface area contributed by atoms with Crippen molar-refractivity contribution < 1.29 is 9.47 Å². The Kier molecular flexibility index (Phi) is 6.77. The van der Waals surface area contributed by atoms with Crippen LogP contribution in [0.3, 0.4) is 0 Å². The van der Waals surface area contributed by atoms with Gasteiger partial charge in [0.05, 0.1) is 20.6 Å². The number of thiazole rings is 1. The number of benzene rings is 3. The van der Waals surface area contributed by atoms with Crippen LogP contribution < -0.4 is 19.6 Å². The molecule has 0 spiro atoms. The van der Waals surface area contributed by atoms with Crippen molar-refractivity contribution in [3.63, 3.8) is 0 Å². The van der Waals surface area contributed by atoms with E-state index in [1.54, 1.807) is 22.6 Å². The number of nitrogens with zero attached hydrogens (tertiary/aromatic N) is 2. The van der Waals surface area contributed by atoms with E-state index >= 15 is 0 Å². The zero-order valence-corrected chi connectivity index (χ0v) is 20.9. The molecule has 2 aromatic heterocycles. The van der Waals surface area contributed by atoms with Gasteiger partial charge in [0.1, 0.15) is 24.7 Å². The average molecular weight is 523 g/mol. The van der Waals surface area contributed by atoms with Crippen LogP contribution in [0.1, 0.15) is 11.1 Å². The maximum Gasteiger partial charge on any atom is 0.274 e. The third-order valence-electron chi connectivity index (χ3n) is 5.39. The highest BCUT2D eigenvalue weighted by atomic mass is 35.5. The van der Waals surface area contributed by atoms with Gasteiger partial charge in [-0.25, -0.2) is 9.38 Å². The highest BCUT2D eigenvalue weighted by Crippen LogP contribution is 2.33. The van der Waals surface area contributed by atoms with Crippen molar-refractivity contribution in [3.8, 4) is 11.5 Å². The fraction of sp³-hybridized carbons (Fsp3) is 0.111. The van der Waals surface area contributed by atoms with E-state index in [4.69, 9.17) is 32.7 Å². The Morgan fingerprint density at radius 3 is 2.66 bits per heavy atom. The fourth-order valence-corrected chi connectivity index (χ4v) is 5.40. The molecule has 0 unspecified atom stereocenters. The van der Waals surface area contributed by atoms with Gasteiger partial charge in [-0.3, -0.25) is 4.79 Å². The van der Waals surface area contributed by atoms with Crippen molar-refractivity contribution in [2.45, 2.75) is 6.42 Å². The monoisotopic (exact) mass is 522 g/mol. The summed E-state index contributed by atoms with van der Waals surface area (Å²) in [5, 5.41) is 0.803. The second kappa shape index (κ2) is 10.1. The van der Waals surface area contributed by atoms with Crippen LogP contribution in [0.5, 0.6) is 11.5 Å². The maximum atomic E-state index is 13.2. The van der Waals surface area contributed by atoms with E-state index in [2.05, 4.69) is 11.6 Å². The normalized spacial score (nSPS) is 11.9. The minimum Gasteiger partial charge on any atom is -0.490 e. The van der Waals surface area contributed by atoms with E-state index in [9.17, 15) is 4.79 Å². The summed E-state index contributed by atoms with van der Waals surface area (Å²) in [6, 6.07) is 18.7. The maximum absolute atomic E-state index is 13.2. The van der Waals surface area contributed by atoms with Crippen molar-refractivity contribution in [2.75, 3.05) is 13.2 Å². The lowest BCUT2D eigenvalue weighted by molar-refractivity contribution is 0.216. The summed E-state index contributed by atoms with van der Waals surface area (Å²) >= 11 is 14.0. The van der Waals surface area contributed by atoms with Gasteiger partial charge in [0, 0.05) is 10.6 Å². The number of ether oxygens (including phenoxy) is 2. The summed E-state index contributed by atoms with van der Waals surface area (Å²) in [5.41, 5.74) is 3.08. The summed E-state index contributed by atoms with van der Waals surface area (Å²) in [6.45, 7) is 4.36. The van der Waals surface area contributed by atoms with Crippen molar-refractivity contribution in [2.24, 2.45) is 0 Å². The number of para-hydroxylation sites is 3. The lowest BCUT2D eigenvalue weighted by Gasteiger charge is -2.14. The molecule has 0 saturated heterocycles. The molecule has 0 aliphatic carbocycles. The van der Waals surface area contributed by atoms with E-state index < -0.39 is 0 Å². The first kappa shape index (κ1) is 23.4. The summed E-state index contributed by atoms with van der Waals surface area (Å²) in [4.78, 5) is 18.4. The standard InChI is InChI=1S/C27H20Cl2N2O3S/c1-2-7-17-8-3-6-11-23(17)33-12-13-34-25-18(14-19(28)16-20(25)29)15-24-26(32)31-22-10-5-4-9-21(22)30-27(31)35-24/h2-6,8-11,14-16H,1,7,12-13H2/b24-15-. The zero-order valence-electron chi connectivity index (χ0n) is 18.5. The number of hydrogen-bond donors (Lipinski definition) is 0. The number of rotatable bonds is 8. The molecule has 0 fully saturated rings. The molecule has 0 N–H and O–H groups in total. The molecule has 35 heavy (non-hydrogen) atoms. The van der Waals surface area contributed by atoms with Gasteiger partial charge >= 0.3 is 0 Å². The predicted octanol–water partition coefficient (Wildman–Crippen LogP) is 5.95. The molecule has 0 aliphatic rings. The zero-order chi connectivity index (χ0) is 24.4. The van der Waals surface area contributed by atoms with Crippen LogP contribution in [-0.2, 0) is 6.42 Å². The number of imidazole rings is 1. The molecule has 0 radical (unpaired) electrons. The second-order valence-electron chi connectivity index (χ2n) is 7.74. The summed E-state index contributed by atoms with van der Waals surface area (Å²) in [6.07, 6.45) is 4.29. The van der Waals surface area contributed by atoms with Gasteiger partial charge in [-0.05, 0) is 48.4 Å². The molecular formula is C27H20Cl2N2O3S. The van der Waals surface area contributed by atoms with Crippen LogP contribution in [0, 0.1) is 0 Å². The molecule has 8 heteroatoms. The van der Waals surface area contributed by atoms with Crippen LogP contribution in [0.4, 0.5) is 0 Å². The molecule has 5 rings (SSSR count). The quantitative estimate of drug-likeness (QED) is 0.186. The van der Waals surface area contributed by atoms with Crippen molar-refractivity contribution >= 4 is 56.6 Å². The average Bonchev–Trinajstić information content (AvgIpc) is 3.35. The Morgan fingerprint density at radius 2 is 1.80 bits per heavy atom. The molecular weight excluding hydrogens is 503 g/mol. The lowest BCUT2D eigenvalue weighted by Crippen LogP contribution is -2.22. The second-order valence-corrected chi connectivity index (χ2v) is 9.59. The molecule has 2 heterocycles. The Morgan fingerprint density at radius 1 is 1.03 bits per heavy atom. The van der Waals surface area contributed by atoms with Crippen LogP contribution in [0.25, 0.3) is 22.1 Å². The molecule has 0 saturated carbocycles. The first-order chi connectivity index (χ1) is 17.0. The first-order valence-electron chi connectivity index (χ1n) is 10.9. The largest absolute Gasteiger partial charge is 0.490 e. The fourth-order valence-electron chi connectivity index (χ4n) is 3.86. The van der Waals surface area contributed by atoms with Crippen LogP contribution in [-0.4, -0.2) is 22.6 Å². The minimum atomic E-state index is -0.150. The Hall–Kier alpha value is -3.32. The Balaban J connectivity index is 1.42. The molecule has 5 nitrogen and oxygen atoms in total. The summed E-state index contributed by atoms with van der Waals surface area (Å²) in [7, 11) is 0. The highest BCUT2D eigenvalue weighted by Gasteiger charge is 2.14. The number of hydrogen-bond acceptors (Lipinski definition) is 5. The number of halogens is 2. The van der Waals surface area contributed by atoms with Gasteiger partial charge in [-0.15, -0.1) is 6.58 Å². The van der Waals surface area contributed by atoms with Gasteiger partial charge in [0.2, 0.25) is 0 Å². The highest BCUT2D eigenvalue weighted by molar-refractivity contribution is 7.15. The molecule has 0 bridgehead atoms. The van der Waals surface area contributed by atoms with E-state index in [0.29, 0.717) is 37.5 Å². The van der Waals surface area contributed by atoms with Crippen LogP contribution >= 0.6 is 34.5 Å². The summed E-state index contributed by atoms with van der Waals surface area (Å²) in [5.74, 6) is 1.23. The van der Waals surface area contributed by atoms with Crippen LogP contribution in [0.15, 0.2) is 78.1 Å². The number of allylic oxidation sites excluding steroid dienone is 1. The minimum absolute atomic E-state index is 0.150. The van der Waals surface area contributed by atoms with Crippen molar-refractivity contribution in [1.29, 1.82) is 0 Å².